The van der Waals surface area contributed by atoms with Gasteiger partial charge in [-0.3, -0.25) is 4.79 Å². The van der Waals surface area contributed by atoms with Crippen molar-refractivity contribution in [3.05, 3.63) is 65.2 Å². The van der Waals surface area contributed by atoms with Crippen molar-refractivity contribution in [1.82, 2.24) is 0 Å². The number of ether oxygens (including phenoxy) is 1. The molecule has 2 nitrogen and oxygen atoms in total. The molecular formula is C17H16F2O2. The van der Waals surface area contributed by atoms with Crippen LogP contribution in [0.3, 0.4) is 0 Å². The summed E-state index contributed by atoms with van der Waals surface area (Å²) in [5.74, 6) is -0.0735. The monoisotopic (exact) mass is 290 g/mol. The second kappa shape index (κ2) is 6.48. The third kappa shape index (κ3) is 3.66. The number of benzene rings is 2. The van der Waals surface area contributed by atoms with E-state index in [2.05, 4.69) is 18.6 Å². The van der Waals surface area contributed by atoms with Crippen LogP contribution in [0, 0.1) is 0 Å². The molecule has 4 heteroatoms. The zero-order valence-corrected chi connectivity index (χ0v) is 11.8. The summed E-state index contributed by atoms with van der Waals surface area (Å²) in [5.41, 5.74) is 1.70. The molecule has 0 heterocycles. The summed E-state index contributed by atoms with van der Waals surface area (Å²) in [7, 11) is 0. The van der Waals surface area contributed by atoms with Gasteiger partial charge in [0, 0.05) is 5.56 Å². The number of ketones is 1. The van der Waals surface area contributed by atoms with Gasteiger partial charge >= 0.3 is 6.61 Å². The van der Waals surface area contributed by atoms with Crippen molar-refractivity contribution < 1.29 is 18.3 Å². The van der Waals surface area contributed by atoms with Crippen LogP contribution in [0.25, 0.3) is 0 Å². The Morgan fingerprint density at radius 1 is 1.00 bits per heavy atom. The van der Waals surface area contributed by atoms with E-state index in [4.69, 9.17) is 0 Å². The predicted octanol–water partition coefficient (Wildman–Crippen LogP) is 4.64. The molecule has 2 rings (SSSR count). The first kappa shape index (κ1) is 15.2. The Balaban J connectivity index is 2.31. The smallest absolute Gasteiger partial charge is 0.387 e. The molecule has 0 aliphatic heterocycles. The van der Waals surface area contributed by atoms with Crippen LogP contribution in [0.1, 0.15) is 41.3 Å². The highest BCUT2D eigenvalue weighted by molar-refractivity contribution is 6.10. The van der Waals surface area contributed by atoms with Crippen molar-refractivity contribution in [3.63, 3.8) is 0 Å². The van der Waals surface area contributed by atoms with E-state index in [1.807, 2.05) is 12.1 Å². The molecule has 0 aromatic heterocycles. The van der Waals surface area contributed by atoms with Gasteiger partial charge in [-0.05, 0) is 23.6 Å². The quantitative estimate of drug-likeness (QED) is 0.750. The summed E-state index contributed by atoms with van der Waals surface area (Å²) in [6.45, 7) is 1.16. The SMILES string of the molecule is CC(C)c1ccc(C(=O)c2ccccc2OC(F)F)cc1. The van der Waals surface area contributed by atoms with Crippen molar-refractivity contribution in [2.75, 3.05) is 0 Å². The van der Waals surface area contributed by atoms with Gasteiger partial charge < -0.3 is 4.74 Å². The lowest BCUT2D eigenvalue weighted by Gasteiger charge is -2.10. The minimum absolute atomic E-state index is 0.106. The molecule has 2 aromatic rings. The van der Waals surface area contributed by atoms with E-state index in [9.17, 15) is 13.6 Å². The van der Waals surface area contributed by atoms with Crippen molar-refractivity contribution in [2.24, 2.45) is 0 Å². The Bertz CT molecular complexity index is 619. The molecule has 0 unspecified atom stereocenters. The second-order valence-corrected chi connectivity index (χ2v) is 4.98. The van der Waals surface area contributed by atoms with Crippen molar-refractivity contribution in [1.29, 1.82) is 0 Å². The summed E-state index contributed by atoms with van der Waals surface area (Å²) in [5, 5.41) is 0. The van der Waals surface area contributed by atoms with E-state index in [-0.39, 0.29) is 17.1 Å². The average molecular weight is 290 g/mol. The maximum atomic E-state index is 12.4. The van der Waals surface area contributed by atoms with Crippen molar-refractivity contribution >= 4 is 5.78 Å². The Morgan fingerprint density at radius 2 is 1.62 bits per heavy atom. The molecule has 0 amide bonds. The number of halogens is 2. The number of carbonyl (C=O) groups is 1. The number of para-hydroxylation sites is 1. The van der Waals surface area contributed by atoms with E-state index in [1.165, 1.54) is 12.1 Å². The second-order valence-electron chi connectivity index (χ2n) is 4.98. The molecular weight excluding hydrogens is 274 g/mol. The van der Waals surface area contributed by atoms with Crippen LogP contribution in [0.4, 0.5) is 8.78 Å². The normalized spacial score (nSPS) is 11.0. The maximum absolute atomic E-state index is 12.4. The van der Waals surface area contributed by atoms with Crippen molar-refractivity contribution in [3.8, 4) is 5.75 Å². The Morgan fingerprint density at radius 3 is 2.19 bits per heavy atom. The van der Waals surface area contributed by atoms with Gasteiger partial charge in [0.25, 0.3) is 0 Å². The molecule has 0 saturated carbocycles. The van der Waals surface area contributed by atoms with E-state index in [1.54, 1.807) is 24.3 Å². The van der Waals surface area contributed by atoms with Gasteiger partial charge in [0.1, 0.15) is 5.75 Å². The molecule has 0 aliphatic rings. The van der Waals surface area contributed by atoms with Gasteiger partial charge in [-0.15, -0.1) is 0 Å². The zero-order valence-electron chi connectivity index (χ0n) is 11.8. The van der Waals surface area contributed by atoms with Crippen LogP contribution in [-0.2, 0) is 0 Å². The highest BCUT2D eigenvalue weighted by Gasteiger charge is 2.16. The fraction of sp³-hybridized carbons (Fsp3) is 0.235. The summed E-state index contributed by atoms with van der Waals surface area (Å²) in [6.07, 6.45) is 0. The first-order chi connectivity index (χ1) is 9.99. The Labute approximate surface area is 122 Å². The average Bonchev–Trinajstić information content (AvgIpc) is 2.46. The van der Waals surface area contributed by atoms with Crippen LogP contribution >= 0.6 is 0 Å². The standard InChI is InChI=1S/C17H16F2O2/c1-11(2)12-7-9-13(10-8-12)16(20)14-5-3-4-6-15(14)21-17(18)19/h3-11,17H,1-2H3. The van der Waals surface area contributed by atoms with Gasteiger partial charge in [-0.1, -0.05) is 50.2 Å². The van der Waals surface area contributed by atoms with E-state index in [0.717, 1.165) is 5.56 Å². The summed E-state index contributed by atoms with van der Waals surface area (Å²) in [6, 6.07) is 13.2. The first-order valence-corrected chi connectivity index (χ1v) is 6.67. The fourth-order valence-electron chi connectivity index (χ4n) is 2.03. The molecule has 0 aliphatic carbocycles. The summed E-state index contributed by atoms with van der Waals surface area (Å²) in [4.78, 5) is 12.4. The molecule has 0 spiro atoms. The molecule has 0 bridgehead atoms. The molecule has 0 saturated heterocycles. The molecule has 0 N–H and O–H groups in total. The Kier molecular flexibility index (Phi) is 4.68. The Hall–Kier alpha value is -2.23. The third-order valence-corrected chi connectivity index (χ3v) is 3.19. The minimum Gasteiger partial charge on any atom is -0.434 e. The topological polar surface area (TPSA) is 26.3 Å². The number of rotatable bonds is 5. The van der Waals surface area contributed by atoms with E-state index in [0.29, 0.717) is 11.5 Å². The van der Waals surface area contributed by atoms with Gasteiger partial charge in [-0.25, -0.2) is 0 Å². The van der Waals surface area contributed by atoms with Crippen LogP contribution in [0.5, 0.6) is 5.75 Å². The van der Waals surface area contributed by atoms with E-state index >= 15 is 0 Å². The maximum Gasteiger partial charge on any atom is 0.387 e. The molecule has 2 aromatic carbocycles. The zero-order chi connectivity index (χ0) is 15.4. The van der Waals surface area contributed by atoms with Crippen LogP contribution in [-0.4, -0.2) is 12.4 Å². The molecule has 21 heavy (non-hydrogen) atoms. The number of hydrogen-bond donors (Lipinski definition) is 0. The lowest BCUT2D eigenvalue weighted by molar-refractivity contribution is -0.0501. The molecule has 110 valence electrons. The lowest BCUT2D eigenvalue weighted by Crippen LogP contribution is -2.09. The van der Waals surface area contributed by atoms with Gasteiger partial charge in [0.15, 0.2) is 5.78 Å². The minimum atomic E-state index is -2.96. The highest BCUT2D eigenvalue weighted by Crippen LogP contribution is 2.24. The number of carbonyl (C=O) groups excluding carboxylic acids is 1. The fourth-order valence-corrected chi connectivity index (χ4v) is 2.03. The van der Waals surface area contributed by atoms with Crippen molar-refractivity contribution in [2.45, 2.75) is 26.4 Å². The van der Waals surface area contributed by atoms with Crippen LogP contribution in [0.2, 0.25) is 0 Å². The van der Waals surface area contributed by atoms with Gasteiger partial charge in [0.05, 0.1) is 5.56 Å². The van der Waals surface area contributed by atoms with Gasteiger partial charge in [0.2, 0.25) is 0 Å². The van der Waals surface area contributed by atoms with Crippen LogP contribution < -0.4 is 4.74 Å². The summed E-state index contributed by atoms with van der Waals surface area (Å²) < 4.78 is 29.1. The third-order valence-electron chi connectivity index (χ3n) is 3.19. The largest absolute Gasteiger partial charge is 0.434 e. The van der Waals surface area contributed by atoms with Gasteiger partial charge in [-0.2, -0.15) is 8.78 Å². The number of hydrogen-bond acceptors (Lipinski definition) is 2. The molecule has 0 atom stereocenters. The summed E-state index contributed by atoms with van der Waals surface area (Å²) >= 11 is 0. The van der Waals surface area contributed by atoms with E-state index < -0.39 is 6.61 Å². The lowest BCUT2D eigenvalue weighted by atomic mass is 9.98. The van der Waals surface area contributed by atoms with Crippen LogP contribution in [0.15, 0.2) is 48.5 Å². The highest BCUT2D eigenvalue weighted by atomic mass is 19.3. The first-order valence-electron chi connectivity index (χ1n) is 6.67. The predicted molar refractivity (Wildman–Crippen MR) is 77.0 cm³/mol. The number of alkyl halides is 2. The molecule has 0 fully saturated rings. The molecule has 0 radical (unpaired) electrons.